The van der Waals surface area contributed by atoms with Gasteiger partial charge in [-0.1, -0.05) is 29.3 Å². The summed E-state index contributed by atoms with van der Waals surface area (Å²) in [4.78, 5) is 25.9. The molecule has 2 aromatic rings. The Morgan fingerprint density at radius 3 is 2.00 bits per heavy atom. The molecule has 1 aliphatic heterocycles. The van der Waals surface area contributed by atoms with E-state index in [1.54, 1.807) is 24.3 Å². The van der Waals surface area contributed by atoms with Gasteiger partial charge in [0.15, 0.2) is 0 Å². The van der Waals surface area contributed by atoms with Crippen molar-refractivity contribution >= 4 is 17.5 Å². The van der Waals surface area contributed by atoms with Crippen LogP contribution in [0.4, 0.5) is 5.69 Å². The van der Waals surface area contributed by atoms with Gasteiger partial charge in [-0.15, -0.1) is 0 Å². The fourth-order valence-electron chi connectivity index (χ4n) is 2.28. The first-order valence-corrected chi connectivity index (χ1v) is 6.14. The lowest BCUT2D eigenvalue weighted by atomic mass is 10.1. The number of hydrogen-bond donors (Lipinski definition) is 0. The Morgan fingerprint density at radius 1 is 0.737 bits per heavy atom. The molecule has 0 saturated carbocycles. The summed E-state index contributed by atoms with van der Waals surface area (Å²) in [5.74, 6) is -0.489. The molecule has 0 aliphatic carbocycles. The molecule has 2 aromatic carbocycles. The Balaban J connectivity index is 2.10. The van der Waals surface area contributed by atoms with E-state index >= 15 is 0 Å². The number of amides is 2. The highest BCUT2D eigenvalue weighted by atomic mass is 16.2. The molecule has 0 unspecified atom stereocenters. The minimum atomic E-state index is -0.246. The summed E-state index contributed by atoms with van der Waals surface area (Å²) in [6.45, 7) is 3.88. The topological polar surface area (TPSA) is 37.4 Å². The van der Waals surface area contributed by atoms with Crippen molar-refractivity contribution < 1.29 is 9.59 Å². The molecule has 0 fully saturated rings. The average molecular weight is 251 g/mol. The minimum absolute atomic E-state index is 0.243. The Labute approximate surface area is 111 Å². The standard InChI is InChI=1S/C16H13NO2/c1-10-3-6-12(7-4-10)17-15(18)13-8-5-11(2)9-14(13)16(17)19/h3-9H,1-2H3. The van der Waals surface area contributed by atoms with Gasteiger partial charge in [0.25, 0.3) is 11.8 Å². The number of aryl methyl sites for hydroxylation is 2. The number of nitrogens with zero attached hydrogens (tertiary/aromatic N) is 1. The number of carbonyl (C=O) groups excluding carboxylic acids is 2. The molecule has 0 radical (unpaired) electrons. The molecule has 3 nitrogen and oxygen atoms in total. The quantitative estimate of drug-likeness (QED) is 0.730. The maximum Gasteiger partial charge on any atom is 0.266 e. The van der Waals surface area contributed by atoms with Crippen LogP contribution in [0.15, 0.2) is 42.5 Å². The molecule has 0 atom stereocenters. The summed E-state index contributed by atoms with van der Waals surface area (Å²) in [5, 5.41) is 0. The van der Waals surface area contributed by atoms with Gasteiger partial charge in [0.05, 0.1) is 16.8 Å². The third kappa shape index (κ3) is 1.74. The largest absolute Gasteiger partial charge is 0.268 e. The molecule has 19 heavy (non-hydrogen) atoms. The summed E-state index contributed by atoms with van der Waals surface area (Å²) in [7, 11) is 0. The van der Waals surface area contributed by atoms with Crippen LogP contribution >= 0.6 is 0 Å². The SMILES string of the molecule is Cc1ccc(N2C(=O)c3ccc(C)cc3C2=O)cc1. The maximum atomic E-state index is 12.3. The monoisotopic (exact) mass is 251 g/mol. The van der Waals surface area contributed by atoms with Crippen LogP contribution in [0.5, 0.6) is 0 Å². The second-order valence-corrected chi connectivity index (χ2v) is 4.83. The Morgan fingerprint density at radius 2 is 1.32 bits per heavy atom. The highest BCUT2D eigenvalue weighted by Crippen LogP contribution is 2.28. The van der Waals surface area contributed by atoms with Gasteiger partial charge in [0, 0.05) is 0 Å². The van der Waals surface area contributed by atoms with Gasteiger partial charge in [0.1, 0.15) is 0 Å². The van der Waals surface area contributed by atoms with Crippen LogP contribution in [0.3, 0.4) is 0 Å². The first-order chi connectivity index (χ1) is 9.08. The second-order valence-electron chi connectivity index (χ2n) is 4.83. The Bertz CT molecular complexity index is 686. The van der Waals surface area contributed by atoms with Gasteiger partial charge in [-0.3, -0.25) is 9.59 Å². The lowest BCUT2D eigenvalue weighted by Gasteiger charge is -2.13. The maximum absolute atomic E-state index is 12.3. The van der Waals surface area contributed by atoms with Crippen LogP contribution in [0.25, 0.3) is 0 Å². The van der Waals surface area contributed by atoms with Gasteiger partial charge in [-0.05, 0) is 38.1 Å². The van der Waals surface area contributed by atoms with E-state index in [1.165, 1.54) is 4.90 Å². The van der Waals surface area contributed by atoms with Crippen LogP contribution in [0.1, 0.15) is 31.8 Å². The number of anilines is 1. The number of carbonyl (C=O) groups is 2. The van der Waals surface area contributed by atoms with Crippen molar-refractivity contribution in [3.8, 4) is 0 Å². The number of fused-ring (bicyclic) bond motifs is 1. The summed E-state index contributed by atoms with van der Waals surface area (Å²) >= 11 is 0. The third-order valence-corrected chi connectivity index (χ3v) is 3.33. The molecule has 0 saturated heterocycles. The van der Waals surface area contributed by atoms with E-state index in [2.05, 4.69) is 0 Å². The fourth-order valence-corrected chi connectivity index (χ4v) is 2.28. The van der Waals surface area contributed by atoms with Crippen molar-refractivity contribution in [1.82, 2.24) is 0 Å². The minimum Gasteiger partial charge on any atom is -0.268 e. The lowest BCUT2D eigenvalue weighted by Crippen LogP contribution is -2.29. The summed E-state index contributed by atoms with van der Waals surface area (Å²) in [6, 6.07) is 12.7. The van der Waals surface area contributed by atoms with Crippen LogP contribution < -0.4 is 4.90 Å². The summed E-state index contributed by atoms with van der Waals surface area (Å²) in [5.41, 5.74) is 3.66. The van der Waals surface area contributed by atoms with Crippen molar-refractivity contribution in [2.24, 2.45) is 0 Å². The first kappa shape index (κ1) is 11.7. The number of rotatable bonds is 1. The number of imide groups is 1. The molecule has 94 valence electrons. The lowest BCUT2D eigenvalue weighted by molar-refractivity contribution is 0.0926. The molecule has 2 amide bonds. The average Bonchev–Trinajstić information content (AvgIpc) is 2.63. The van der Waals surface area contributed by atoms with E-state index in [0.717, 1.165) is 11.1 Å². The first-order valence-electron chi connectivity index (χ1n) is 6.14. The van der Waals surface area contributed by atoms with Gasteiger partial charge in [0.2, 0.25) is 0 Å². The van der Waals surface area contributed by atoms with Crippen molar-refractivity contribution in [2.75, 3.05) is 4.90 Å². The van der Waals surface area contributed by atoms with E-state index in [1.807, 2.05) is 32.0 Å². The predicted octanol–water partition coefficient (Wildman–Crippen LogP) is 3.10. The van der Waals surface area contributed by atoms with E-state index in [-0.39, 0.29) is 11.8 Å². The molecule has 3 heteroatoms. The number of hydrogen-bond acceptors (Lipinski definition) is 2. The zero-order valence-corrected chi connectivity index (χ0v) is 10.8. The van der Waals surface area contributed by atoms with Crippen molar-refractivity contribution in [1.29, 1.82) is 0 Å². The molecule has 1 aliphatic rings. The Hall–Kier alpha value is -2.42. The highest BCUT2D eigenvalue weighted by Gasteiger charge is 2.36. The zero-order valence-electron chi connectivity index (χ0n) is 10.8. The Kier molecular flexibility index (Phi) is 2.49. The smallest absolute Gasteiger partial charge is 0.266 e. The third-order valence-electron chi connectivity index (χ3n) is 3.33. The summed E-state index contributed by atoms with van der Waals surface area (Å²) in [6.07, 6.45) is 0. The van der Waals surface area contributed by atoms with Crippen molar-refractivity contribution in [3.63, 3.8) is 0 Å². The molecular formula is C16H13NO2. The van der Waals surface area contributed by atoms with Gasteiger partial charge >= 0.3 is 0 Å². The van der Waals surface area contributed by atoms with E-state index in [0.29, 0.717) is 16.8 Å². The van der Waals surface area contributed by atoms with Gasteiger partial charge in [-0.25, -0.2) is 4.90 Å². The molecule has 0 spiro atoms. The van der Waals surface area contributed by atoms with Crippen LogP contribution in [-0.2, 0) is 0 Å². The zero-order chi connectivity index (χ0) is 13.6. The van der Waals surface area contributed by atoms with Crippen LogP contribution in [0.2, 0.25) is 0 Å². The molecule has 0 aromatic heterocycles. The fraction of sp³-hybridized carbons (Fsp3) is 0.125. The van der Waals surface area contributed by atoms with Crippen LogP contribution in [-0.4, -0.2) is 11.8 Å². The molecule has 3 rings (SSSR count). The second kappa shape index (κ2) is 4.05. The number of benzene rings is 2. The van der Waals surface area contributed by atoms with Crippen LogP contribution in [0, 0.1) is 13.8 Å². The molecular weight excluding hydrogens is 238 g/mol. The van der Waals surface area contributed by atoms with Gasteiger partial charge < -0.3 is 0 Å². The van der Waals surface area contributed by atoms with E-state index in [9.17, 15) is 9.59 Å². The van der Waals surface area contributed by atoms with Gasteiger partial charge in [-0.2, -0.15) is 0 Å². The van der Waals surface area contributed by atoms with E-state index in [4.69, 9.17) is 0 Å². The van der Waals surface area contributed by atoms with Crippen molar-refractivity contribution in [2.45, 2.75) is 13.8 Å². The van der Waals surface area contributed by atoms with E-state index < -0.39 is 0 Å². The van der Waals surface area contributed by atoms with Crippen molar-refractivity contribution in [3.05, 3.63) is 64.7 Å². The predicted molar refractivity (Wildman–Crippen MR) is 73.5 cm³/mol. The molecule has 0 bridgehead atoms. The molecule has 0 N–H and O–H groups in total. The highest BCUT2D eigenvalue weighted by molar-refractivity contribution is 6.34. The molecule has 1 heterocycles. The normalized spacial score (nSPS) is 13.9. The summed E-state index contributed by atoms with van der Waals surface area (Å²) < 4.78 is 0.